The summed E-state index contributed by atoms with van der Waals surface area (Å²) in [4.78, 5) is 0. The van der Waals surface area contributed by atoms with Crippen molar-refractivity contribution >= 4 is 11.6 Å². The minimum absolute atomic E-state index is 0.686. The standard InChI is InChI=1S/C11H16ClNO.CH5N/c1-3-7-14-11-9(8-13-2)5-4-6-10(11)12;1-2/h4-6,13H,3,7-8H2,1-2H3;2H2,1H3. The van der Waals surface area contributed by atoms with Crippen LogP contribution in [0, 0.1) is 0 Å². The molecule has 0 saturated carbocycles. The minimum atomic E-state index is 0.686. The van der Waals surface area contributed by atoms with Gasteiger partial charge >= 0.3 is 0 Å². The first-order valence-electron chi connectivity index (χ1n) is 5.42. The third-order valence-electron chi connectivity index (χ3n) is 1.87. The molecule has 0 aliphatic rings. The van der Waals surface area contributed by atoms with E-state index in [4.69, 9.17) is 16.3 Å². The molecule has 0 aromatic heterocycles. The molecule has 0 heterocycles. The minimum Gasteiger partial charge on any atom is -0.492 e. The van der Waals surface area contributed by atoms with E-state index in [1.807, 2.05) is 25.2 Å². The molecule has 0 radical (unpaired) electrons. The van der Waals surface area contributed by atoms with Crippen molar-refractivity contribution in [2.75, 3.05) is 20.7 Å². The van der Waals surface area contributed by atoms with E-state index in [1.54, 1.807) is 0 Å². The molecule has 1 aromatic rings. The third-order valence-corrected chi connectivity index (χ3v) is 2.16. The van der Waals surface area contributed by atoms with E-state index in [9.17, 15) is 0 Å². The molecule has 16 heavy (non-hydrogen) atoms. The summed E-state index contributed by atoms with van der Waals surface area (Å²) < 4.78 is 5.60. The number of nitrogens with two attached hydrogens (primary N) is 1. The molecule has 92 valence electrons. The zero-order valence-electron chi connectivity index (χ0n) is 10.2. The van der Waals surface area contributed by atoms with Crippen molar-refractivity contribution in [2.24, 2.45) is 5.73 Å². The van der Waals surface area contributed by atoms with E-state index in [1.165, 1.54) is 7.05 Å². The number of nitrogens with one attached hydrogen (secondary N) is 1. The van der Waals surface area contributed by atoms with Crippen LogP contribution >= 0.6 is 11.6 Å². The highest BCUT2D eigenvalue weighted by Crippen LogP contribution is 2.28. The van der Waals surface area contributed by atoms with E-state index in [0.717, 1.165) is 24.3 Å². The van der Waals surface area contributed by atoms with Gasteiger partial charge in [0.1, 0.15) is 5.75 Å². The molecule has 0 aliphatic heterocycles. The fourth-order valence-electron chi connectivity index (χ4n) is 1.25. The van der Waals surface area contributed by atoms with E-state index >= 15 is 0 Å². The van der Waals surface area contributed by atoms with Gasteiger partial charge in [0.2, 0.25) is 0 Å². The average molecular weight is 245 g/mol. The summed E-state index contributed by atoms with van der Waals surface area (Å²) in [6, 6.07) is 5.81. The molecular weight excluding hydrogens is 224 g/mol. The molecule has 0 bridgehead atoms. The zero-order valence-corrected chi connectivity index (χ0v) is 11.0. The van der Waals surface area contributed by atoms with Crippen molar-refractivity contribution in [1.82, 2.24) is 5.32 Å². The SMILES string of the molecule is CCCOc1c(Cl)cccc1CNC.CN. The Morgan fingerprint density at radius 2 is 2.06 bits per heavy atom. The van der Waals surface area contributed by atoms with Gasteiger partial charge in [-0.3, -0.25) is 0 Å². The van der Waals surface area contributed by atoms with Gasteiger partial charge in [0.15, 0.2) is 0 Å². The number of hydrogen-bond acceptors (Lipinski definition) is 3. The van der Waals surface area contributed by atoms with Crippen molar-refractivity contribution in [1.29, 1.82) is 0 Å². The van der Waals surface area contributed by atoms with Crippen LogP contribution in [-0.4, -0.2) is 20.7 Å². The molecule has 4 heteroatoms. The smallest absolute Gasteiger partial charge is 0.142 e. The normalized spacial score (nSPS) is 9.31. The molecular formula is C12H21ClN2O. The molecule has 3 nitrogen and oxygen atoms in total. The molecule has 1 rings (SSSR count). The van der Waals surface area contributed by atoms with Gasteiger partial charge in [-0.15, -0.1) is 0 Å². The maximum Gasteiger partial charge on any atom is 0.142 e. The van der Waals surface area contributed by atoms with Crippen LogP contribution in [-0.2, 0) is 6.54 Å². The second kappa shape index (κ2) is 9.46. The van der Waals surface area contributed by atoms with E-state index in [2.05, 4.69) is 18.0 Å². The molecule has 0 fully saturated rings. The van der Waals surface area contributed by atoms with Gasteiger partial charge < -0.3 is 15.8 Å². The summed E-state index contributed by atoms with van der Waals surface area (Å²) in [5, 5.41) is 3.78. The number of rotatable bonds is 5. The van der Waals surface area contributed by atoms with E-state index in [0.29, 0.717) is 11.6 Å². The predicted octanol–water partition coefficient (Wildman–Crippen LogP) is 2.42. The van der Waals surface area contributed by atoms with E-state index in [-0.39, 0.29) is 0 Å². The molecule has 0 amide bonds. The summed E-state index contributed by atoms with van der Waals surface area (Å²) in [5.41, 5.74) is 5.61. The van der Waals surface area contributed by atoms with Crippen LogP contribution < -0.4 is 15.8 Å². The Morgan fingerprint density at radius 3 is 2.62 bits per heavy atom. The zero-order chi connectivity index (χ0) is 12.4. The van der Waals surface area contributed by atoms with Gasteiger partial charge in [-0.2, -0.15) is 0 Å². The van der Waals surface area contributed by atoms with Crippen LogP contribution in [0.2, 0.25) is 5.02 Å². The summed E-state index contributed by atoms with van der Waals surface area (Å²) in [6.07, 6.45) is 0.990. The molecule has 0 aliphatic carbocycles. The van der Waals surface area contributed by atoms with Gasteiger partial charge in [0, 0.05) is 12.1 Å². The third kappa shape index (κ3) is 4.84. The monoisotopic (exact) mass is 244 g/mol. The maximum absolute atomic E-state index is 6.05. The summed E-state index contributed by atoms with van der Waals surface area (Å²) in [6.45, 7) is 3.56. The fourth-order valence-corrected chi connectivity index (χ4v) is 1.50. The first-order valence-corrected chi connectivity index (χ1v) is 5.80. The first-order chi connectivity index (χ1) is 7.79. The highest BCUT2D eigenvalue weighted by atomic mass is 35.5. The Morgan fingerprint density at radius 1 is 1.38 bits per heavy atom. The average Bonchev–Trinajstić information content (AvgIpc) is 2.31. The molecule has 3 N–H and O–H groups in total. The summed E-state index contributed by atoms with van der Waals surface area (Å²) >= 11 is 6.05. The molecule has 0 unspecified atom stereocenters. The summed E-state index contributed by atoms with van der Waals surface area (Å²) in [7, 11) is 3.41. The Labute approximate surface area is 103 Å². The lowest BCUT2D eigenvalue weighted by Gasteiger charge is -2.11. The number of benzene rings is 1. The molecule has 0 spiro atoms. The van der Waals surface area contributed by atoms with Crippen molar-refractivity contribution in [3.05, 3.63) is 28.8 Å². The molecule has 0 saturated heterocycles. The number of halogens is 1. The second-order valence-electron chi connectivity index (χ2n) is 3.11. The van der Waals surface area contributed by atoms with Crippen molar-refractivity contribution in [3.63, 3.8) is 0 Å². The predicted molar refractivity (Wildman–Crippen MR) is 70.1 cm³/mol. The van der Waals surface area contributed by atoms with Gasteiger partial charge in [0.25, 0.3) is 0 Å². The quantitative estimate of drug-likeness (QED) is 0.836. The highest BCUT2D eigenvalue weighted by molar-refractivity contribution is 6.32. The number of hydrogen-bond donors (Lipinski definition) is 2. The topological polar surface area (TPSA) is 47.3 Å². The van der Waals surface area contributed by atoms with Crippen LogP contribution in [0.1, 0.15) is 18.9 Å². The largest absolute Gasteiger partial charge is 0.492 e. The first kappa shape index (κ1) is 15.2. The van der Waals surface area contributed by atoms with Crippen LogP contribution in [0.3, 0.4) is 0 Å². The number of ether oxygens (including phenoxy) is 1. The number of para-hydroxylation sites is 1. The highest BCUT2D eigenvalue weighted by Gasteiger charge is 2.06. The fraction of sp³-hybridized carbons (Fsp3) is 0.500. The van der Waals surface area contributed by atoms with Crippen LogP contribution in [0.15, 0.2) is 18.2 Å². The van der Waals surface area contributed by atoms with Crippen molar-refractivity contribution < 1.29 is 4.74 Å². The lowest BCUT2D eigenvalue weighted by atomic mass is 10.2. The van der Waals surface area contributed by atoms with Crippen LogP contribution in [0.4, 0.5) is 0 Å². The van der Waals surface area contributed by atoms with Crippen LogP contribution in [0.25, 0.3) is 0 Å². The lowest BCUT2D eigenvalue weighted by molar-refractivity contribution is 0.314. The Bertz CT molecular complexity index is 292. The van der Waals surface area contributed by atoms with Gasteiger partial charge in [-0.25, -0.2) is 0 Å². The Kier molecular flexibility index (Phi) is 9.00. The van der Waals surface area contributed by atoms with Gasteiger partial charge in [-0.1, -0.05) is 30.7 Å². The van der Waals surface area contributed by atoms with Crippen LogP contribution in [0.5, 0.6) is 5.75 Å². The van der Waals surface area contributed by atoms with Gasteiger partial charge in [0.05, 0.1) is 11.6 Å². The van der Waals surface area contributed by atoms with E-state index < -0.39 is 0 Å². The van der Waals surface area contributed by atoms with Crippen molar-refractivity contribution in [3.8, 4) is 5.75 Å². The Hall–Kier alpha value is -0.770. The Balaban J connectivity index is 0.00000106. The van der Waals surface area contributed by atoms with Gasteiger partial charge in [-0.05, 0) is 26.6 Å². The maximum atomic E-state index is 6.05. The molecule has 0 atom stereocenters. The summed E-state index contributed by atoms with van der Waals surface area (Å²) in [5.74, 6) is 0.811. The van der Waals surface area contributed by atoms with Crippen molar-refractivity contribution in [2.45, 2.75) is 19.9 Å². The second-order valence-corrected chi connectivity index (χ2v) is 3.51. The molecule has 1 aromatic carbocycles. The lowest BCUT2D eigenvalue weighted by Crippen LogP contribution is -2.08.